The highest BCUT2D eigenvalue weighted by Gasteiger charge is 2.44. The van der Waals surface area contributed by atoms with Gasteiger partial charge in [-0.05, 0) is 63.1 Å². The van der Waals surface area contributed by atoms with Crippen LogP contribution < -0.4 is 5.32 Å². The van der Waals surface area contributed by atoms with Crippen LogP contribution in [-0.4, -0.2) is 56.1 Å². The van der Waals surface area contributed by atoms with Crippen LogP contribution in [0.2, 0.25) is 18.1 Å². The fraction of sp³-hybridized carbons (Fsp3) is 0.933. The topological polar surface area (TPSA) is 67.9 Å². The Kier molecular flexibility index (Phi) is 13.2. The van der Waals surface area contributed by atoms with Crippen molar-refractivity contribution in [3.8, 4) is 0 Å². The maximum Gasteiger partial charge on any atom is 0.410 e. The van der Waals surface area contributed by atoms with E-state index in [1.54, 1.807) is 0 Å². The number of ether oxygens (including phenoxy) is 1. The minimum absolute atomic E-state index is 0.0113. The first kappa shape index (κ1) is 33.9. The Bertz CT molecular complexity index is 703. The van der Waals surface area contributed by atoms with Gasteiger partial charge in [0.2, 0.25) is 5.91 Å². The molecule has 0 aromatic rings. The molecule has 1 saturated carbocycles. The van der Waals surface area contributed by atoms with Gasteiger partial charge in [-0.1, -0.05) is 80.6 Å². The molecular weight excluding hydrogens is 480 g/mol. The van der Waals surface area contributed by atoms with Gasteiger partial charge in [0.15, 0.2) is 8.32 Å². The van der Waals surface area contributed by atoms with Gasteiger partial charge in [-0.3, -0.25) is 4.79 Å². The SMILES string of the molecule is CC(C)CC(=O)NC[C@@H](O[Si](C)(C)C(C)(C)C)[C@H](CC1CCCCC1)N(CC(C)C)C(=O)OC(C)(C)C. The van der Waals surface area contributed by atoms with E-state index in [4.69, 9.17) is 9.16 Å². The summed E-state index contributed by atoms with van der Waals surface area (Å²) in [6, 6.07) is -0.158. The Balaban J connectivity index is 3.48. The third-order valence-corrected chi connectivity index (χ3v) is 12.2. The summed E-state index contributed by atoms with van der Waals surface area (Å²) >= 11 is 0. The lowest BCUT2D eigenvalue weighted by molar-refractivity contribution is -0.122. The zero-order valence-electron chi connectivity index (χ0n) is 26.3. The standard InChI is InChI=1S/C30H60N2O4Si/c1-22(2)18-27(33)31-20-26(36-37(11,12)30(8,9)10)25(19-24-16-14-13-15-17-24)32(21-23(3)4)28(34)35-29(5,6)7/h22-26H,13-21H2,1-12H3,(H,31,33)/t25-,26+/m0/s1. The highest BCUT2D eigenvalue weighted by Crippen LogP contribution is 2.39. The Morgan fingerprint density at radius 3 is 1.97 bits per heavy atom. The van der Waals surface area contributed by atoms with Gasteiger partial charge in [-0.2, -0.15) is 0 Å². The number of carbonyl (C=O) groups excluding carboxylic acids is 2. The highest BCUT2D eigenvalue weighted by atomic mass is 28.4. The van der Waals surface area contributed by atoms with Crippen LogP contribution in [0.4, 0.5) is 4.79 Å². The second-order valence-electron chi connectivity index (χ2n) is 14.7. The Labute approximate surface area is 230 Å². The molecule has 0 radical (unpaired) electrons. The lowest BCUT2D eigenvalue weighted by atomic mass is 9.83. The van der Waals surface area contributed by atoms with Crippen molar-refractivity contribution in [3.63, 3.8) is 0 Å². The third-order valence-electron chi connectivity index (χ3n) is 7.67. The lowest BCUT2D eigenvalue weighted by Crippen LogP contribution is -2.58. The van der Waals surface area contributed by atoms with Gasteiger partial charge < -0.3 is 19.4 Å². The van der Waals surface area contributed by atoms with Crippen molar-refractivity contribution in [1.29, 1.82) is 0 Å². The molecule has 0 aliphatic heterocycles. The Hall–Kier alpha value is -1.08. The van der Waals surface area contributed by atoms with Crippen LogP contribution in [0.5, 0.6) is 0 Å². The molecule has 0 saturated heterocycles. The summed E-state index contributed by atoms with van der Waals surface area (Å²) < 4.78 is 13.0. The molecule has 2 amide bonds. The van der Waals surface area contributed by atoms with E-state index < -0.39 is 13.9 Å². The number of amides is 2. The molecule has 0 heterocycles. The molecule has 1 fully saturated rings. The predicted octanol–water partition coefficient (Wildman–Crippen LogP) is 7.77. The summed E-state index contributed by atoms with van der Waals surface area (Å²) in [6.07, 6.45) is 6.95. The summed E-state index contributed by atoms with van der Waals surface area (Å²) in [4.78, 5) is 28.4. The summed E-state index contributed by atoms with van der Waals surface area (Å²) in [6.45, 7) is 26.4. The normalized spacial score (nSPS) is 17.6. The van der Waals surface area contributed by atoms with E-state index in [0.717, 1.165) is 6.42 Å². The first-order valence-corrected chi connectivity index (χ1v) is 17.7. The molecule has 1 aliphatic rings. The predicted molar refractivity (Wildman–Crippen MR) is 157 cm³/mol. The molecule has 0 aromatic carbocycles. The molecule has 1 aliphatic carbocycles. The molecule has 2 atom stereocenters. The van der Waals surface area contributed by atoms with Crippen LogP contribution >= 0.6 is 0 Å². The molecular formula is C30H60N2O4Si. The average Bonchev–Trinajstić information content (AvgIpc) is 2.71. The summed E-state index contributed by atoms with van der Waals surface area (Å²) in [5, 5.41) is 3.19. The van der Waals surface area contributed by atoms with Crippen molar-refractivity contribution in [2.45, 2.75) is 150 Å². The smallest absolute Gasteiger partial charge is 0.410 e. The van der Waals surface area contributed by atoms with Crippen molar-refractivity contribution >= 4 is 20.3 Å². The molecule has 0 spiro atoms. The van der Waals surface area contributed by atoms with Gasteiger partial charge >= 0.3 is 6.09 Å². The summed E-state index contributed by atoms with van der Waals surface area (Å²) in [5.41, 5.74) is -0.580. The number of rotatable bonds is 12. The van der Waals surface area contributed by atoms with E-state index in [9.17, 15) is 9.59 Å². The maximum atomic E-state index is 13.7. The van der Waals surface area contributed by atoms with Crippen molar-refractivity contribution in [2.24, 2.45) is 17.8 Å². The van der Waals surface area contributed by atoms with E-state index in [1.165, 1.54) is 32.1 Å². The van der Waals surface area contributed by atoms with Gasteiger partial charge in [0.1, 0.15) is 5.60 Å². The van der Waals surface area contributed by atoms with E-state index in [-0.39, 0.29) is 41.0 Å². The number of nitrogens with one attached hydrogen (secondary N) is 1. The largest absolute Gasteiger partial charge is 0.444 e. The summed E-state index contributed by atoms with van der Waals surface area (Å²) in [7, 11) is -2.20. The molecule has 7 heteroatoms. The molecule has 1 rings (SSSR count). The lowest BCUT2D eigenvalue weighted by Gasteiger charge is -2.45. The van der Waals surface area contributed by atoms with Crippen molar-refractivity contribution in [2.75, 3.05) is 13.1 Å². The first-order chi connectivity index (χ1) is 16.8. The number of carbonyl (C=O) groups is 2. The van der Waals surface area contributed by atoms with Gasteiger partial charge in [0.05, 0.1) is 12.1 Å². The van der Waals surface area contributed by atoms with E-state index in [1.807, 2.05) is 25.7 Å². The van der Waals surface area contributed by atoms with Gasteiger partial charge in [0, 0.05) is 19.5 Å². The molecule has 6 nitrogen and oxygen atoms in total. The molecule has 0 bridgehead atoms. The molecule has 37 heavy (non-hydrogen) atoms. The van der Waals surface area contributed by atoms with Crippen LogP contribution in [0, 0.1) is 17.8 Å². The van der Waals surface area contributed by atoms with Crippen LogP contribution in [0.3, 0.4) is 0 Å². The van der Waals surface area contributed by atoms with Gasteiger partial charge in [-0.15, -0.1) is 0 Å². The average molecular weight is 541 g/mol. The number of nitrogens with zero attached hydrogens (tertiary/aromatic N) is 1. The molecule has 1 N–H and O–H groups in total. The van der Waals surface area contributed by atoms with Crippen molar-refractivity contribution in [3.05, 3.63) is 0 Å². The molecule has 0 aromatic heterocycles. The van der Waals surface area contributed by atoms with Gasteiger partial charge in [0.25, 0.3) is 0 Å². The Morgan fingerprint density at radius 1 is 0.946 bits per heavy atom. The minimum atomic E-state index is -2.20. The monoisotopic (exact) mass is 540 g/mol. The van der Waals surface area contributed by atoms with Crippen molar-refractivity contribution < 1.29 is 18.8 Å². The van der Waals surface area contributed by atoms with E-state index in [2.05, 4.69) is 66.9 Å². The fourth-order valence-electron chi connectivity index (χ4n) is 4.77. The van der Waals surface area contributed by atoms with E-state index in [0.29, 0.717) is 25.4 Å². The zero-order valence-corrected chi connectivity index (χ0v) is 27.3. The quantitative estimate of drug-likeness (QED) is 0.257. The molecule has 0 unspecified atom stereocenters. The Morgan fingerprint density at radius 2 is 1.51 bits per heavy atom. The van der Waals surface area contributed by atoms with Gasteiger partial charge in [-0.25, -0.2) is 4.79 Å². The van der Waals surface area contributed by atoms with Crippen LogP contribution in [-0.2, 0) is 14.0 Å². The zero-order chi connectivity index (χ0) is 28.6. The highest BCUT2D eigenvalue weighted by molar-refractivity contribution is 6.74. The van der Waals surface area contributed by atoms with E-state index >= 15 is 0 Å². The van der Waals surface area contributed by atoms with Crippen LogP contribution in [0.1, 0.15) is 114 Å². The number of hydrogen-bond acceptors (Lipinski definition) is 4. The van der Waals surface area contributed by atoms with Crippen LogP contribution in [0.25, 0.3) is 0 Å². The number of hydrogen-bond donors (Lipinski definition) is 1. The second kappa shape index (κ2) is 14.3. The summed E-state index contributed by atoms with van der Waals surface area (Å²) in [5.74, 6) is 1.16. The first-order valence-electron chi connectivity index (χ1n) is 14.8. The van der Waals surface area contributed by atoms with Crippen LogP contribution in [0.15, 0.2) is 0 Å². The molecule has 218 valence electrons. The minimum Gasteiger partial charge on any atom is -0.444 e. The third kappa shape index (κ3) is 12.5. The van der Waals surface area contributed by atoms with Crippen molar-refractivity contribution in [1.82, 2.24) is 10.2 Å². The fourth-order valence-corrected chi connectivity index (χ4v) is 6.12. The second-order valence-corrected chi connectivity index (χ2v) is 19.4. The maximum absolute atomic E-state index is 13.7.